The SMILES string of the molecule is CNCc1cccc(SCCCCc2ccccc2)c1. The quantitative estimate of drug-likeness (QED) is 0.565. The maximum atomic E-state index is 3.20. The van der Waals surface area contributed by atoms with Gasteiger partial charge in [0.2, 0.25) is 0 Å². The van der Waals surface area contributed by atoms with E-state index in [1.165, 1.54) is 41.0 Å². The molecule has 0 amide bonds. The molecule has 0 atom stereocenters. The first kappa shape index (κ1) is 15.1. The number of nitrogens with one attached hydrogen (secondary N) is 1. The van der Waals surface area contributed by atoms with Gasteiger partial charge in [0, 0.05) is 11.4 Å². The summed E-state index contributed by atoms with van der Waals surface area (Å²) in [6, 6.07) is 19.6. The first-order valence-corrected chi connectivity index (χ1v) is 8.27. The zero-order valence-corrected chi connectivity index (χ0v) is 13.0. The van der Waals surface area contributed by atoms with Crippen molar-refractivity contribution in [1.82, 2.24) is 5.32 Å². The van der Waals surface area contributed by atoms with Gasteiger partial charge in [-0.25, -0.2) is 0 Å². The average molecular weight is 285 g/mol. The Morgan fingerprint density at radius 1 is 0.900 bits per heavy atom. The molecule has 2 heteroatoms. The van der Waals surface area contributed by atoms with E-state index >= 15 is 0 Å². The van der Waals surface area contributed by atoms with E-state index < -0.39 is 0 Å². The van der Waals surface area contributed by atoms with Crippen molar-refractivity contribution in [2.75, 3.05) is 12.8 Å². The lowest BCUT2D eigenvalue weighted by Gasteiger charge is -2.05. The summed E-state index contributed by atoms with van der Waals surface area (Å²) in [7, 11) is 1.99. The van der Waals surface area contributed by atoms with Crippen LogP contribution in [0.1, 0.15) is 24.0 Å². The van der Waals surface area contributed by atoms with Crippen LogP contribution >= 0.6 is 11.8 Å². The average Bonchev–Trinajstić information content (AvgIpc) is 2.49. The number of benzene rings is 2. The van der Waals surface area contributed by atoms with Crippen molar-refractivity contribution in [3.8, 4) is 0 Å². The van der Waals surface area contributed by atoms with Crippen molar-refractivity contribution in [2.24, 2.45) is 0 Å². The third-order valence-corrected chi connectivity index (χ3v) is 4.33. The zero-order valence-electron chi connectivity index (χ0n) is 12.1. The molecule has 2 aromatic rings. The molecular weight excluding hydrogens is 262 g/mol. The molecular formula is C18H23NS. The van der Waals surface area contributed by atoms with Gasteiger partial charge in [-0.3, -0.25) is 0 Å². The van der Waals surface area contributed by atoms with Crippen LogP contribution in [0.3, 0.4) is 0 Å². The molecule has 20 heavy (non-hydrogen) atoms. The number of hydrogen-bond donors (Lipinski definition) is 1. The smallest absolute Gasteiger partial charge is 0.0202 e. The fourth-order valence-corrected chi connectivity index (χ4v) is 3.21. The first-order chi connectivity index (χ1) is 9.88. The fraction of sp³-hybridized carbons (Fsp3) is 0.333. The van der Waals surface area contributed by atoms with Gasteiger partial charge in [0.25, 0.3) is 0 Å². The highest BCUT2D eigenvalue weighted by Gasteiger charge is 1.97. The Bertz CT molecular complexity index is 496. The van der Waals surface area contributed by atoms with E-state index in [0.717, 1.165) is 6.54 Å². The summed E-state index contributed by atoms with van der Waals surface area (Å²) in [5.74, 6) is 1.20. The van der Waals surface area contributed by atoms with Crippen LogP contribution in [0.2, 0.25) is 0 Å². The lowest BCUT2D eigenvalue weighted by Crippen LogP contribution is -2.04. The highest BCUT2D eigenvalue weighted by atomic mass is 32.2. The Morgan fingerprint density at radius 2 is 1.70 bits per heavy atom. The normalized spacial score (nSPS) is 10.7. The topological polar surface area (TPSA) is 12.0 Å². The molecule has 106 valence electrons. The first-order valence-electron chi connectivity index (χ1n) is 7.29. The number of thioether (sulfide) groups is 1. The highest BCUT2D eigenvalue weighted by Crippen LogP contribution is 2.21. The second kappa shape index (κ2) is 8.83. The Balaban J connectivity index is 1.67. The van der Waals surface area contributed by atoms with Crippen molar-refractivity contribution in [1.29, 1.82) is 0 Å². The van der Waals surface area contributed by atoms with Gasteiger partial charge in [-0.2, -0.15) is 0 Å². The molecule has 0 heterocycles. The van der Waals surface area contributed by atoms with Crippen molar-refractivity contribution in [3.63, 3.8) is 0 Å². The molecule has 0 aliphatic carbocycles. The van der Waals surface area contributed by atoms with E-state index in [4.69, 9.17) is 0 Å². The maximum Gasteiger partial charge on any atom is 0.0202 e. The van der Waals surface area contributed by atoms with E-state index in [-0.39, 0.29) is 0 Å². The minimum atomic E-state index is 0.947. The molecule has 0 saturated heterocycles. The van der Waals surface area contributed by atoms with Gasteiger partial charge in [0.05, 0.1) is 0 Å². The van der Waals surface area contributed by atoms with Crippen LogP contribution in [0.4, 0.5) is 0 Å². The van der Waals surface area contributed by atoms with E-state index in [1.54, 1.807) is 0 Å². The van der Waals surface area contributed by atoms with E-state index in [2.05, 4.69) is 59.9 Å². The molecule has 1 nitrogen and oxygen atoms in total. The van der Waals surface area contributed by atoms with Crippen LogP contribution in [-0.4, -0.2) is 12.8 Å². The Morgan fingerprint density at radius 3 is 2.50 bits per heavy atom. The minimum absolute atomic E-state index is 0.947. The van der Waals surface area contributed by atoms with Gasteiger partial charge in [0.1, 0.15) is 0 Å². The Hall–Kier alpha value is -1.25. The minimum Gasteiger partial charge on any atom is -0.316 e. The van der Waals surface area contributed by atoms with E-state index in [9.17, 15) is 0 Å². The highest BCUT2D eigenvalue weighted by molar-refractivity contribution is 7.99. The van der Waals surface area contributed by atoms with Gasteiger partial charge < -0.3 is 5.32 Å². The summed E-state index contributed by atoms with van der Waals surface area (Å²) in [5.41, 5.74) is 2.82. The third kappa shape index (κ3) is 5.40. The van der Waals surface area contributed by atoms with Gasteiger partial charge in [-0.05, 0) is 55.3 Å². The van der Waals surface area contributed by atoms with Crippen LogP contribution in [0, 0.1) is 0 Å². The van der Waals surface area contributed by atoms with Crippen LogP contribution in [0.5, 0.6) is 0 Å². The van der Waals surface area contributed by atoms with Crippen molar-refractivity contribution in [2.45, 2.75) is 30.7 Å². The molecule has 0 aromatic heterocycles. The van der Waals surface area contributed by atoms with Crippen molar-refractivity contribution < 1.29 is 0 Å². The van der Waals surface area contributed by atoms with Crippen LogP contribution < -0.4 is 5.32 Å². The molecule has 0 fully saturated rings. The molecule has 0 aliphatic rings. The summed E-state index contributed by atoms with van der Waals surface area (Å²) >= 11 is 1.97. The molecule has 0 unspecified atom stereocenters. The van der Waals surface area contributed by atoms with Crippen molar-refractivity contribution in [3.05, 3.63) is 65.7 Å². The molecule has 1 N–H and O–H groups in total. The fourth-order valence-electron chi connectivity index (χ4n) is 2.22. The lowest BCUT2D eigenvalue weighted by molar-refractivity contribution is 0.802. The molecule has 0 aliphatic heterocycles. The van der Waals surface area contributed by atoms with Gasteiger partial charge in [-0.15, -0.1) is 11.8 Å². The van der Waals surface area contributed by atoms with Crippen LogP contribution in [-0.2, 0) is 13.0 Å². The summed E-state index contributed by atoms with van der Waals surface area (Å²) in [6.45, 7) is 0.947. The molecule has 0 spiro atoms. The molecule has 0 radical (unpaired) electrons. The monoisotopic (exact) mass is 285 g/mol. The second-order valence-electron chi connectivity index (χ2n) is 4.97. The molecule has 2 rings (SSSR count). The number of aryl methyl sites for hydroxylation is 1. The lowest BCUT2D eigenvalue weighted by atomic mass is 10.1. The predicted molar refractivity (Wildman–Crippen MR) is 89.3 cm³/mol. The van der Waals surface area contributed by atoms with E-state index in [0.29, 0.717) is 0 Å². The number of hydrogen-bond acceptors (Lipinski definition) is 2. The largest absolute Gasteiger partial charge is 0.316 e. The Kier molecular flexibility index (Phi) is 6.69. The second-order valence-corrected chi connectivity index (χ2v) is 6.14. The summed E-state index contributed by atoms with van der Waals surface area (Å²) < 4.78 is 0. The van der Waals surface area contributed by atoms with E-state index in [1.807, 2.05) is 18.8 Å². The van der Waals surface area contributed by atoms with Crippen LogP contribution in [0.15, 0.2) is 59.5 Å². The zero-order chi connectivity index (χ0) is 14.0. The summed E-state index contributed by atoms with van der Waals surface area (Å²) in [6.07, 6.45) is 3.74. The molecule has 2 aromatic carbocycles. The third-order valence-electron chi connectivity index (χ3n) is 3.25. The number of unbranched alkanes of at least 4 members (excludes halogenated alkanes) is 1. The summed E-state index contributed by atoms with van der Waals surface area (Å²) in [5, 5.41) is 3.20. The summed E-state index contributed by atoms with van der Waals surface area (Å²) in [4.78, 5) is 1.39. The van der Waals surface area contributed by atoms with Gasteiger partial charge in [-0.1, -0.05) is 42.5 Å². The Labute approximate surface area is 126 Å². The standard InChI is InChI=1S/C18H23NS/c1-19-15-17-11-7-12-18(14-17)20-13-6-5-10-16-8-3-2-4-9-16/h2-4,7-9,11-12,14,19H,5-6,10,13,15H2,1H3. The van der Waals surface area contributed by atoms with Gasteiger partial charge >= 0.3 is 0 Å². The number of rotatable bonds is 8. The molecule has 0 bridgehead atoms. The van der Waals surface area contributed by atoms with Crippen molar-refractivity contribution >= 4 is 11.8 Å². The predicted octanol–water partition coefficient (Wildman–Crippen LogP) is 4.52. The molecule has 0 saturated carbocycles. The van der Waals surface area contributed by atoms with Gasteiger partial charge in [0.15, 0.2) is 0 Å². The maximum absolute atomic E-state index is 3.20. The van der Waals surface area contributed by atoms with Crippen LogP contribution in [0.25, 0.3) is 0 Å².